The molecule has 1 aromatic carbocycles. The van der Waals surface area contributed by atoms with Gasteiger partial charge in [-0.1, -0.05) is 37.9 Å². The van der Waals surface area contributed by atoms with Gasteiger partial charge in [0.1, 0.15) is 5.75 Å². The van der Waals surface area contributed by atoms with E-state index in [9.17, 15) is 0 Å². The van der Waals surface area contributed by atoms with E-state index in [0.717, 1.165) is 17.7 Å². The molecule has 0 bridgehead atoms. The van der Waals surface area contributed by atoms with Gasteiger partial charge in [-0.3, -0.25) is 0 Å². The molecule has 2 atom stereocenters. The van der Waals surface area contributed by atoms with Crippen molar-refractivity contribution in [1.82, 2.24) is 0 Å². The Kier molecular flexibility index (Phi) is 5.10. The fourth-order valence-electron chi connectivity index (χ4n) is 1.27. The molecule has 0 aromatic heterocycles. The summed E-state index contributed by atoms with van der Waals surface area (Å²) in [4.78, 5) is 0. The number of rotatable bonds is 5. The van der Waals surface area contributed by atoms with E-state index in [1.165, 1.54) is 0 Å². The van der Waals surface area contributed by atoms with Gasteiger partial charge in [-0.15, -0.1) is 0 Å². The van der Waals surface area contributed by atoms with Gasteiger partial charge in [0.15, 0.2) is 0 Å². The van der Waals surface area contributed by atoms with Crippen LogP contribution < -0.4 is 10.5 Å². The maximum absolute atomic E-state index is 6.12. The van der Waals surface area contributed by atoms with Gasteiger partial charge < -0.3 is 10.5 Å². The molecule has 3 heteroatoms. The Bertz CT molecular complexity index is 339. The van der Waals surface area contributed by atoms with Crippen molar-refractivity contribution in [3.05, 3.63) is 28.8 Å². The molecule has 0 aliphatic rings. The fourth-order valence-corrected chi connectivity index (χ4v) is 1.51. The summed E-state index contributed by atoms with van der Waals surface area (Å²) in [5, 5.41) is 0.637. The first-order chi connectivity index (χ1) is 7.54. The molecule has 2 nitrogen and oxygen atoms in total. The van der Waals surface area contributed by atoms with E-state index in [4.69, 9.17) is 22.1 Å². The largest absolute Gasteiger partial charge is 0.492 e. The highest BCUT2D eigenvalue weighted by atomic mass is 35.5. The van der Waals surface area contributed by atoms with Gasteiger partial charge >= 0.3 is 0 Å². The Morgan fingerprint density at radius 1 is 1.38 bits per heavy atom. The predicted octanol–water partition coefficient (Wildman–Crippen LogP) is 3.78. The van der Waals surface area contributed by atoms with Gasteiger partial charge in [0.05, 0.1) is 11.6 Å². The Labute approximate surface area is 103 Å². The Morgan fingerprint density at radius 3 is 2.56 bits per heavy atom. The molecule has 0 aliphatic carbocycles. The number of halogens is 1. The lowest BCUT2D eigenvalue weighted by Crippen LogP contribution is -2.08. The second kappa shape index (κ2) is 6.12. The van der Waals surface area contributed by atoms with Crippen LogP contribution in [0, 0.1) is 5.92 Å². The first-order valence-corrected chi connectivity index (χ1v) is 6.10. The topological polar surface area (TPSA) is 35.2 Å². The van der Waals surface area contributed by atoms with Crippen LogP contribution in [0.1, 0.15) is 38.8 Å². The van der Waals surface area contributed by atoms with Gasteiger partial charge in [-0.05, 0) is 30.5 Å². The first-order valence-electron chi connectivity index (χ1n) is 5.72. The van der Waals surface area contributed by atoms with Crippen molar-refractivity contribution in [3.8, 4) is 5.75 Å². The minimum atomic E-state index is 0.00103. The van der Waals surface area contributed by atoms with Crippen LogP contribution in [0.5, 0.6) is 5.75 Å². The lowest BCUT2D eigenvalue weighted by Gasteiger charge is -2.13. The van der Waals surface area contributed by atoms with Gasteiger partial charge in [0, 0.05) is 6.04 Å². The molecule has 1 rings (SSSR count). The second-order valence-electron chi connectivity index (χ2n) is 4.30. The zero-order chi connectivity index (χ0) is 12.1. The minimum absolute atomic E-state index is 0.00103. The summed E-state index contributed by atoms with van der Waals surface area (Å²) in [7, 11) is 0. The smallest absolute Gasteiger partial charge is 0.137 e. The second-order valence-corrected chi connectivity index (χ2v) is 4.71. The highest BCUT2D eigenvalue weighted by Crippen LogP contribution is 2.27. The zero-order valence-electron chi connectivity index (χ0n) is 10.2. The third-order valence-electron chi connectivity index (χ3n) is 2.70. The summed E-state index contributed by atoms with van der Waals surface area (Å²) < 4.78 is 5.65. The molecular weight excluding hydrogens is 222 g/mol. The highest BCUT2D eigenvalue weighted by molar-refractivity contribution is 6.32. The van der Waals surface area contributed by atoms with Crippen molar-refractivity contribution in [3.63, 3.8) is 0 Å². The summed E-state index contributed by atoms with van der Waals surface area (Å²) in [5.74, 6) is 1.29. The molecule has 2 N–H and O–H groups in total. The van der Waals surface area contributed by atoms with Crippen LogP contribution in [0.15, 0.2) is 18.2 Å². The van der Waals surface area contributed by atoms with Crippen molar-refractivity contribution in [2.24, 2.45) is 11.7 Å². The van der Waals surface area contributed by atoms with E-state index in [1.807, 2.05) is 25.1 Å². The van der Waals surface area contributed by atoms with Crippen molar-refractivity contribution in [2.45, 2.75) is 33.2 Å². The zero-order valence-corrected chi connectivity index (χ0v) is 10.9. The summed E-state index contributed by atoms with van der Waals surface area (Å²) in [6.45, 7) is 6.94. The van der Waals surface area contributed by atoms with Gasteiger partial charge in [0.25, 0.3) is 0 Å². The van der Waals surface area contributed by atoms with Crippen molar-refractivity contribution >= 4 is 11.6 Å². The highest BCUT2D eigenvalue weighted by Gasteiger charge is 2.07. The molecule has 0 amide bonds. The van der Waals surface area contributed by atoms with E-state index in [2.05, 4.69) is 13.8 Å². The van der Waals surface area contributed by atoms with E-state index in [-0.39, 0.29) is 6.04 Å². The van der Waals surface area contributed by atoms with Crippen LogP contribution in [0.4, 0.5) is 0 Å². The van der Waals surface area contributed by atoms with Crippen LogP contribution >= 0.6 is 11.6 Å². The summed E-state index contributed by atoms with van der Waals surface area (Å²) >= 11 is 6.12. The van der Waals surface area contributed by atoms with Crippen molar-refractivity contribution in [1.29, 1.82) is 0 Å². The number of hydrogen-bond acceptors (Lipinski definition) is 2. The summed E-state index contributed by atoms with van der Waals surface area (Å²) in [6.07, 6.45) is 1.11. The number of ether oxygens (including phenoxy) is 1. The Hall–Kier alpha value is -0.730. The van der Waals surface area contributed by atoms with Crippen LogP contribution in [0.25, 0.3) is 0 Å². The van der Waals surface area contributed by atoms with Crippen LogP contribution in [-0.2, 0) is 0 Å². The number of benzene rings is 1. The van der Waals surface area contributed by atoms with E-state index in [0.29, 0.717) is 17.5 Å². The van der Waals surface area contributed by atoms with Crippen LogP contribution in [0.3, 0.4) is 0 Å². The molecule has 0 saturated heterocycles. The molecule has 1 aromatic rings. The standard InChI is InChI=1S/C13H20ClNO/c1-4-9(2)8-16-13-6-5-11(10(3)15)7-12(13)14/h5-7,9-10H,4,8,15H2,1-3H3/t9?,10-/m0/s1. The molecular formula is C13H20ClNO. The van der Waals surface area contributed by atoms with Crippen LogP contribution in [0.2, 0.25) is 5.02 Å². The lowest BCUT2D eigenvalue weighted by molar-refractivity contribution is 0.256. The average Bonchev–Trinajstić information content (AvgIpc) is 2.26. The normalized spacial score (nSPS) is 14.6. The molecule has 90 valence electrons. The van der Waals surface area contributed by atoms with Crippen LogP contribution in [-0.4, -0.2) is 6.61 Å². The van der Waals surface area contributed by atoms with Gasteiger partial charge in [0.2, 0.25) is 0 Å². The SMILES string of the molecule is CCC(C)COc1ccc([C@H](C)N)cc1Cl. The quantitative estimate of drug-likeness (QED) is 0.852. The van der Waals surface area contributed by atoms with Gasteiger partial charge in [-0.2, -0.15) is 0 Å². The lowest BCUT2D eigenvalue weighted by atomic mass is 10.1. The maximum Gasteiger partial charge on any atom is 0.137 e. The number of hydrogen-bond donors (Lipinski definition) is 1. The molecule has 0 heterocycles. The fraction of sp³-hybridized carbons (Fsp3) is 0.538. The monoisotopic (exact) mass is 241 g/mol. The molecule has 0 aliphatic heterocycles. The van der Waals surface area contributed by atoms with E-state index in [1.54, 1.807) is 0 Å². The Balaban J connectivity index is 2.68. The third-order valence-corrected chi connectivity index (χ3v) is 3.00. The van der Waals surface area contributed by atoms with Gasteiger partial charge in [-0.25, -0.2) is 0 Å². The average molecular weight is 242 g/mol. The van der Waals surface area contributed by atoms with Crippen molar-refractivity contribution < 1.29 is 4.74 Å². The molecule has 0 fully saturated rings. The first kappa shape index (κ1) is 13.3. The molecule has 1 unspecified atom stereocenters. The van der Waals surface area contributed by atoms with E-state index < -0.39 is 0 Å². The maximum atomic E-state index is 6.12. The Morgan fingerprint density at radius 2 is 2.06 bits per heavy atom. The molecule has 0 saturated carbocycles. The number of nitrogens with two attached hydrogens (primary N) is 1. The predicted molar refractivity (Wildman–Crippen MR) is 69.0 cm³/mol. The van der Waals surface area contributed by atoms with Crippen molar-refractivity contribution in [2.75, 3.05) is 6.61 Å². The molecule has 0 radical (unpaired) electrons. The molecule has 0 spiro atoms. The molecule has 16 heavy (non-hydrogen) atoms. The summed E-state index contributed by atoms with van der Waals surface area (Å²) in [6, 6.07) is 5.73. The minimum Gasteiger partial charge on any atom is -0.492 e. The van der Waals surface area contributed by atoms with E-state index >= 15 is 0 Å². The third kappa shape index (κ3) is 3.69. The summed E-state index contributed by atoms with van der Waals surface area (Å²) in [5.41, 5.74) is 6.81.